The molecule has 0 saturated carbocycles. The number of aliphatic carboxylic acids is 1. The van der Waals surface area contributed by atoms with Crippen molar-refractivity contribution in [3.8, 4) is 11.8 Å². The minimum atomic E-state index is -3.99. The minimum Gasteiger partial charge on any atom is -0.481 e. The number of aromatic amines is 1. The number of nitrogens with zero attached hydrogens (tertiary/aromatic N) is 3. The molecule has 0 aliphatic heterocycles. The van der Waals surface area contributed by atoms with Crippen LogP contribution in [-0.2, 0) is 16.1 Å². The van der Waals surface area contributed by atoms with Gasteiger partial charge in [-0.25, -0.2) is 17.6 Å². The second-order valence-corrected chi connectivity index (χ2v) is 8.91. The summed E-state index contributed by atoms with van der Waals surface area (Å²) in [5.41, 5.74) is -1.79. The van der Waals surface area contributed by atoms with E-state index in [2.05, 4.69) is 10.2 Å². The molecule has 4 rings (SSSR count). The highest BCUT2D eigenvalue weighted by atomic mass is 19.3. The van der Waals surface area contributed by atoms with E-state index in [1.807, 2.05) is 6.07 Å². The summed E-state index contributed by atoms with van der Waals surface area (Å²) in [5, 5.41) is 24.7. The largest absolute Gasteiger partial charge is 0.481 e. The number of carbonyl (C=O) groups is 1. The first kappa shape index (κ1) is 23.3. The van der Waals surface area contributed by atoms with Gasteiger partial charge < -0.3 is 9.67 Å². The van der Waals surface area contributed by atoms with Gasteiger partial charge in [-0.2, -0.15) is 10.4 Å². The first-order valence-corrected chi connectivity index (χ1v) is 10.3. The minimum absolute atomic E-state index is 0.0264. The quantitative estimate of drug-likeness (QED) is 0.344. The molecule has 0 fully saturated rings. The number of alkyl halides is 2. The van der Waals surface area contributed by atoms with Crippen molar-refractivity contribution < 1.29 is 27.5 Å². The summed E-state index contributed by atoms with van der Waals surface area (Å²) in [6.07, 6.45) is -0.467. The molecule has 2 aromatic heterocycles. The van der Waals surface area contributed by atoms with Crippen LogP contribution >= 0.6 is 0 Å². The smallest absolute Gasteiger partial charge is 0.309 e. The van der Waals surface area contributed by atoms with E-state index in [-0.39, 0.29) is 34.4 Å². The van der Waals surface area contributed by atoms with Crippen molar-refractivity contribution in [1.82, 2.24) is 14.8 Å². The number of aromatic nitrogens is 3. The Morgan fingerprint density at radius 2 is 1.97 bits per heavy atom. The van der Waals surface area contributed by atoms with Crippen LogP contribution in [0, 0.1) is 29.9 Å². The van der Waals surface area contributed by atoms with E-state index in [1.54, 1.807) is 13.8 Å². The third-order valence-electron chi connectivity index (χ3n) is 5.91. The number of carboxylic acid groups (broad SMARTS) is 1. The number of hydrogen-bond acceptors (Lipinski definition) is 3. The molecule has 4 aromatic rings. The van der Waals surface area contributed by atoms with Crippen LogP contribution in [0.1, 0.15) is 43.5 Å². The normalized spacial score (nSPS) is 12.4. The van der Waals surface area contributed by atoms with Gasteiger partial charge in [0, 0.05) is 34.0 Å². The monoisotopic (exact) mass is 472 g/mol. The Bertz CT molecular complexity index is 1490. The molecule has 0 radical (unpaired) electrons. The van der Waals surface area contributed by atoms with Crippen LogP contribution in [0.5, 0.6) is 0 Å². The lowest BCUT2D eigenvalue weighted by Crippen LogP contribution is -2.28. The van der Waals surface area contributed by atoms with Crippen LogP contribution in [-0.4, -0.2) is 25.8 Å². The maximum atomic E-state index is 15.8. The molecule has 0 spiro atoms. The Morgan fingerprint density at radius 1 is 1.26 bits per heavy atom. The van der Waals surface area contributed by atoms with E-state index in [4.69, 9.17) is 0 Å². The molecule has 6 nitrogen and oxygen atoms in total. The first-order chi connectivity index (χ1) is 15.9. The maximum absolute atomic E-state index is 15.8. The van der Waals surface area contributed by atoms with Gasteiger partial charge in [0.1, 0.15) is 17.8 Å². The summed E-state index contributed by atoms with van der Waals surface area (Å²) in [5.74, 6) is -7.29. The average Bonchev–Trinajstić information content (AvgIpc) is 3.33. The third-order valence-corrected chi connectivity index (χ3v) is 5.91. The molecule has 0 unspecified atom stereocenters. The first-order valence-electron chi connectivity index (χ1n) is 10.3. The van der Waals surface area contributed by atoms with E-state index in [0.717, 1.165) is 0 Å². The molecule has 0 bridgehead atoms. The van der Waals surface area contributed by atoms with E-state index >= 15 is 13.2 Å². The Kier molecular flexibility index (Phi) is 5.39. The predicted molar refractivity (Wildman–Crippen MR) is 117 cm³/mol. The van der Waals surface area contributed by atoms with Gasteiger partial charge in [-0.15, -0.1) is 0 Å². The van der Waals surface area contributed by atoms with Crippen LogP contribution in [0.4, 0.5) is 17.6 Å². The zero-order chi connectivity index (χ0) is 25.0. The number of H-pyrrole nitrogens is 1. The Hall–Kier alpha value is -3.87. The van der Waals surface area contributed by atoms with Crippen molar-refractivity contribution in [2.24, 2.45) is 0 Å². The highest BCUT2D eigenvalue weighted by Gasteiger charge is 2.45. The van der Waals surface area contributed by atoms with Crippen molar-refractivity contribution >= 4 is 27.8 Å². The van der Waals surface area contributed by atoms with Gasteiger partial charge in [-0.1, -0.05) is 13.8 Å². The van der Waals surface area contributed by atoms with E-state index in [1.165, 1.54) is 42.0 Å². The number of fused-ring (bicyclic) bond motifs is 2. The van der Waals surface area contributed by atoms with Crippen LogP contribution in [0.15, 0.2) is 30.5 Å². The second-order valence-electron chi connectivity index (χ2n) is 8.91. The highest BCUT2D eigenvalue weighted by molar-refractivity contribution is 6.00. The molecular weight excluding hydrogens is 452 g/mol. The molecular formula is C24H20F4N4O2. The summed E-state index contributed by atoms with van der Waals surface area (Å²) in [6, 6.07) is 7.39. The number of nitriles is 1. The van der Waals surface area contributed by atoms with Gasteiger partial charge in [-0.05, 0) is 36.8 Å². The zero-order valence-corrected chi connectivity index (χ0v) is 18.5. The summed E-state index contributed by atoms with van der Waals surface area (Å²) in [6.45, 7) is 4.59. The average molecular weight is 472 g/mol. The molecule has 2 heterocycles. The lowest BCUT2D eigenvalue weighted by atomic mass is 9.81. The number of aryl methyl sites for hydroxylation is 1. The predicted octanol–water partition coefficient (Wildman–Crippen LogP) is 5.85. The summed E-state index contributed by atoms with van der Waals surface area (Å²) >= 11 is 0. The molecule has 0 atom stereocenters. The zero-order valence-electron chi connectivity index (χ0n) is 18.5. The van der Waals surface area contributed by atoms with E-state index in [9.17, 15) is 19.6 Å². The molecule has 10 heteroatoms. The summed E-state index contributed by atoms with van der Waals surface area (Å²) in [7, 11) is 0. The van der Waals surface area contributed by atoms with Gasteiger partial charge in [-0.3, -0.25) is 9.89 Å². The number of benzene rings is 2. The fourth-order valence-electron chi connectivity index (χ4n) is 4.40. The van der Waals surface area contributed by atoms with Crippen molar-refractivity contribution in [2.75, 3.05) is 0 Å². The fourth-order valence-corrected chi connectivity index (χ4v) is 4.40. The Labute approximate surface area is 191 Å². The van der Waals surface area contributed by atoms with Crippen molar-refractivity contribution in [2.45, 2.75) is 45.0 Å². The standard InChI is InChI=1S/C24H20F4N4O2/c1-12-8-14(4-5-15(12)25)32-16-9-13-11-30-31-21(13)20(26)18(16)19(24(27,28)10-17(33)34)22(32)23(2,3)6-7-29/h4-5,8-9,11H,6,10H2,1-3H3,(H,30,31)(H,33,34). The molecule has 34 heavy (non-hydrogen) atoms. The number of carboxylic acids is 1. The molecule has 2 N–H and O–H groups in total. The molecule has 0 aliphatic carbocycles. The number of halogens is 4. The van der Waals surface area contributed by atoms with Crippen LogP contribution < -0.4 is 0 Å². The Balaban J connectivity index is 2.29. The van der Waals surface area contributed by atoms with E-state index < -0.39 is 46.3 Å². The maximum Gasteiger partial charge on any atom is 0.309 e. The Morgan fingerprint density at radius 3 is 2.59 bits per heavy atom. The number of hydrogen-bond donors (Lipinski definition) is 2. The SMILES string of the molecule is Cc1cc(-n2c(C(C)(C)CC#N)c(C(F)(F)CC(=O)O)c3c(F)c4[nH]ncc4cc32)ccc1F. The second kappa shape index (κ2) is 7.87. The fraction of sp³-hybridized carbons (Fsp3) is 0.292. The van der Waals surface area contributed by atoms with Crippen molar-refractivity contribution in [3.05, 3.63) is 58.9 Å². The van der Waals surface area contributed by atoms with Gasteiger partial charge >= 0.3 is 5.97 Å². The lowest BCUT2D eigenvalue weighted by Gasteiger charge is -2.28. The molecule has 0 aliphatic rings. The van der Waals surface area contributed by atoms with Crippen LogP contribution in [0.2, 0.25) is 0 Å². The van der Waals surface area contributed by atoms with Gasteiger partial charge in [0.15, 0.2) is 5.82 Å². The number of rotatable bonds is 6. The van der Waals surface area contributed by atoms with Crippen molar-refractivity contribution in [1.29, 1.82) is 5.26 Å². The third kappa shape index (κ3) is 3.57. The van der Waals surface area contributed by atoms with Gasteiger partial charge in [0.05, 0.1) is 23.3 Å². The van der Waals surface area contributed by atoms with Gasteiger partial charge in [0.2, 0.25) is 0 Å². The summed E-state index contributed by atoms with van der Waals surface area (Å²) in [4.78, 5) is 11.3. The van der Waals surface area contributed by atoms with Crippen LogP contribution in [0.3, 0.4) is 0 Å². The highest BCUT2D eigenvalue weighted by Crippen LogP contribution is 2.48. The molecule has 0 amide bonds. The lowest BCUT2D eigenvalue weighted by molar-refractivity contribution is -0.145. The van der Waals surface area contributed by atoms with E-state index in [0.29, 0.717) is 5.39 Å². The van der Waals surface area contributed by atoms with Gasteiger partial charge in [0.25, 0.3) is 5.92 Å². The van der Waals surface area contributed by atoms with Crippen LogP contribution in [0.25, 0.3) is 27.5 Å². The molecule has 2 aromatic carbocycles. The molecule has 0 saturated heterocycles. The van der Waals surface area contributed by atoms with Crippen molar-refractivity contribution in [3.63, 3.8) is 0 Å². The number of nitrogens with one attached hydrogen (secondary N) is 1. The summed E-state index contributed by atoms with van der Waals surface area (Å²) < 4.78 is 62.4. The molecule has 176 valence electrons. The topological polar surface area (TPSA) is 94.7 Å².